The van der Waals surface area contributed by atoms with Gasteiger partial charge in [-0.05, 0) is 68.2 Å². The molecule has 0 atom stereocenters. The molecular formula is C24H32N4O3S. The topological polar surface area (TPSA) is 88.2 Å². The van der Waals surface area contributed by atoms with Gasteiger partial charge < -0.3 is 14.6 Å². The molecule has 0 unspecified atom stereocenters. The average Bonchev–Trinajstić information content (AvgIpc) is 3.28. The Bertz CT molecular complexity index is 1140. The van der Waals surface area contributed by atoms with Crippen molar-refractivity contribution >= 4 is 26.7 Å². The molecule has 0 spiro atoms. The van der Waals surface area contributed by atoms with Crippen LogP contribution in [0.25, 0.3) is 11.0 Å². The number of H-pyrrole nitrogens is 1. The molecule has 0 bridgehead atoms. The number of aromatic amines is 1. The molecule has 0 radical (unpaired) electrons. The summed E-state index contributed by atoms with van der Waals surface area (Å²) in [4.78, 5) is 14.1. The van der Waals surface area contributed by atoms with Crippen molar-refractivity contribution in [1.29, 1.82) is 0 Å². The second-order valence-corrected chi connectivity index (χ2v) is 11.0. The fourth-order valence-corrected chi connectivity index (χ4v) is 6.58. The van der Waals surface area contributed by atoms with Crippen LogP contribution >= 0.6 is 0 Å². The first-order chi connectivity index (χ1) is 15.4. The number of aryl methyl sites for hydroxylation is 1. The van der Waals surface area contributed by atoms with Gasteiger partial charge in [0.05, 0.1) is 24.0 Å². The van der Waals surface area contributed by atoms with Gasteiger partial charge in [0, 0.05) is 19.3 Å². The molecule has 3 aromatic rings. The second kappa shape index (κ2) is 9.90. The fourth-order valence-electron chi connectivity index (χ4n) is 4.78. The van der Waals surface area contributed by atoms with E-state index in [4.69, 9.17) is 4.74 Å². The van der Waals surface area contributed by atoms with E-state index < -0.39 is 9.84 Å². The summed E-state index contributed by atoms with van der Waals surface area (Å²) < 4.78 is 30.7. The number of benzene rings is 1. The van der Waals surface area contributed by atoms with Crippen molar-refractivity contribution in [2.24, 2.45) is 5.92 Å². The Labute approximate surface area is 190 Å². The molecule has 1 fully saturated rings. The average molecular weight is 457 g/mol. The van der Waals surface area contributed by atoms with Gasteiger partial charge in [-0.1, -0.05) is 12.1 Å². The summed E-state index contributed by atoms with van der Waals surface area (Å²) in [7, 11) is 0.674. The first-order valence-electron chi connectivity index (χ1n) is 11.3. The molecule has 0 aliphatic heterocycles. The Morgan fingerprint density at radius 3 is 2.75 bits per heavy atom. The first kappa shape index (κ1) is 22.6. The van der Waals surface area contributed by atoms with E-state index in [2.05, 4.69) is 26.9 Å². The number of aromatic nitrogens is 3. The van der Waals surface area contributed by atoms with E-state index in [1.165, 1.54) is 0 Å². The zero-order chi connectivity index (χ0) is 22.6. The third kappa shape index (κ3) is 5.41. The standard InChI is InChI=1S/C24H32N4O3S/c1-28(24-22-12-13-25-23(22)26-17-27-24)20-10-8-19(9-11-20)16-32(29,30)14-4-6-18-5-3-7-21(15-18)31-2/h3,5,7,12-13,15,17,19-20H,4,6,8-11,14,16H2,1-2H3,(H,25,26,27). The predicted octanol–water partition coefficient (Wildman–Crippen LogP) is 4.01. The van der Waals surface area contributed by atoms with E-state index in [1.54, 1.807) is 13.4 Å². The van der Waals surface area contributed by atoms with Crippen molar-refractivity contribution in [2.75, 3.05) is 30.6 Å². The third-order valence-corrected chi connectivity index (χ3v) is 8.47. The number of hydrogen-bond acceptors (Lipinski definition) is 6. The number of nitrogens with one attached hydrogen (secondary N) is 1. The predicted molar refractivity (Wildman–Crippen MR) is 128 cm³/mol. The van der Waals surface area contributed by atoms with Gasteiger partial charge in [-0.15, -0.1) is 0 Å². The lowest BCUT2D eigenvalue weighted by Gasteiger charge is -2.35. The lowest BCUT2D eigenvalue weighted by Crippen LogP contribution is -2.37. The summed E-state index contributed by atoms with van der Waals surface area (Å²) in [5.74, 6) is 2.54. The van der Waals surface area contributed by atoms with Gasteiger partial charge in [-0.25, -0.2) is 18.4 Å². The summed E-state index contributed by atoms with van der Waals surface area (Å²) >= 11 is 0. The summed E-state index contributed by atoms with van der Waals surface area (Å²) in [6, 6.07) is 10.2. The van der Waals surface area contributed by atoms with Crippen LogP contribution in [-0.2, 0) is 16.3 Å². The van der Waals surface area contributed by atoms with E-state index in [-0.39, 0.29) is 11.7 Å². The smallest absolute Gasteiger partial charge is 0.150 e. The van der Waals surface area contributed by atoms with Gasteiger partial charge >= 0.3 is 0 Å². The van der Waals surface area contributed by atoms with Crippen molar-refractivity contribution < 1.29 is 13.2 Å². The fraction of sp³-hybridized carbons (Fsp3) is 0.500. The number of ether oxygens (including phenoxy) is 1. The highest BCUT2D eigenvalue weighted by Gasteiger charge is 2.28. The first-order valence-corrected chi connectivity index (χ1v) is 13.1. The largest absolute Gasteiger partial charge is 0.497 e. The Balaban J connectivity index is 1.26. The highest BCUT2D eigenvalue weighted by molar-refractivity contribution is 7.91. The van der Waals surface area contributed by atoms with Crippen LogP contribution in [0.4, 0.5) is 5.82 Å². The van der Waals surface area contributed by atoms with Crippen molar-refractivity contribution in [3.63, 3.8) is 0 Å². The molecule has 2 heterocycles. The maximum Gasteiger partial charge on any atom is 0.150 e. The lowest BCUT2D eigenvalue weighted by molar-refractivity contribution is 0.340. The van der Waals surface area contributed by atoms with E-state index in [9.17, 15) is 8.42 Å². The minimum absolute atomic E-state index is 0.246. The maximum absolute atomic E-state index is 12.7. The van der Waals surface area contributed by atoms with Gasteiger partial charge in [0.2, 0.25) is 0 Å². The number of anilines is 1. The maximum atomic E-state index is 12.7. The Morgan fingerprint density at radius 1 is 1.16 bits per heavy atom. The van der Waals surface area contributed by atoms with Crippen LogP contribution in [-0.4, -0.2) is 55.1 Å². The second-order valence-electron chi connectivity index (χ2n) is 8.79. The number of nitrogens with zero attached hydrogens (tertiary/aromatic N) is 3. The summed E-state index contributed by atoms with van der Waals surface area (Å²) in [5, 5.41) is 1.02. The van der Waals surface area contributed by atoms with Crippen LogP contribution in [0.3, 0.4) is 0 Å². The van der Waals surface area contributed by atoms with Crippen LogP contribution < -0.4 is 9.64 Å². The summed E-state index contributed by atoms with van der Waals surface area (Å²) in [5.41, 5.74) is 1.96. The molecule has 2 aromatic heterocycles. The number of rotatable bonds is 9. The molecule has 7 nitrogen and oxygen atoms in total. The monoisotopic (exact) mass is 456 g/mol. The minimum Gasteiger partial charge on any atom is -0.497 e. The Kier molecular flexibility index (Phi) is 6.98. The van der Waals surface area contributed by atoms with Crippen molar-refractivity contribution in [1.82, 2.24) is 15.0 Å². The highest BCUT2D eigenvalue weighted by atomic mass is 32.2. The molecule has 172 valence electrons. The van der Waals surface area contributed by atoms with Crippen LogP contribution in [0, 0.1) is 5.92 Å². The van der Waals surface area contributed by atoms with Crippen LogP contribution in [0.2, 0.25) is 0 Å². The van der Waals surface area contributed by atoms with Gasteiger partial charge in [0.1, 0.15) is 23.5 Å². The van der Waals surface area contributed by atoms with Crippen molar-refractivity contribution in [2.45, 2.75) is 44.6 Å². The molecule has 4 rings (SSSR count). The van der Waals surface area contributed by atoms with Gasteiger partial charge in [0.25, 0.3) is 0 Å². The van der Waals surface area contributed by atoms with E-state index in [1.807, 2.05) is 36.5 Å². The summed E-state index contributed by atoms with van der Waals surface area (Å²) in [6.45, 7) is 0. The van der Waals surface area contributed by atoms with Crippen LogP contribution in [0.5, 0.6) is 5.75 Å². The Morgan fingerprint density at radius 2 is 1.97 bits per heavy atom. The van der Waals surface area contributed by atoms with E-state index in [0.29, 0.717) is 18.2 Å². The molecule has 1 saturated carbocycles. The minimum atomic E-state index is -3.05. The zero-order valence-corrected chi connectivity index (χ0v) is 19.6. The summed E-state index contributed by atoms with van der Waals surface area (Å²) in [6.07, 6.45) is 8.71. The normalized spacial score (nSPS) is 19.2. The quantitative estimate of drug-likeness (QED) is 0.523. The molecule has 8 heteroatoms. The molecule has 1 aliphatic carbocycles. The number of fused-ring (bicyclic) bond motifs is 1. The van der Waals surface area contributed by atoms with E-state index in [0.717, 1.165) is 60.3 Å². The molecule has 1 aliphatic rings. The molecule has 0 saturated heterocycles. The van der Waals surface area contributed by atoms with Gasteiger partial charge in [0.15, 0.2) is 9.84 Å². The van der Waals surface area contributed by atoms with Gasteiger partial charge in [-0.2, -0.15) is 0 Å². The van der Waals surface area contributed by atoms with Gasteiger partial charge in [-0.3, -0.25) is 0 Å². The van der Waals surface area contributed by atoms with Crippen molar-refractivity contribution in [3.8, 4) is 5.75 Å². The van der Waals surface area contributed by atoms with Crippen LogP contribution in [0.1, 0.15) is 37.7 Å². The van der Waals surface area contributed by atoms with Crippen LogP contribution in [0.15, 0.2) is 42.9 Å². The van der Waals surface area contributed by atoms with E-state index >= 15 is 0 Å². The zero-order valence-electron chi connectivity index (χ0n) is 18.8. The third-order valence-electron chi connectivity index (χ3n) is 6.58. The highest BCUT2D eigenvalue weighted by Crippen LogP contribution is 2.32. The number of methoxy groups -OCH3 is 1. The SMILES string of the molecule is COc1cccc(CCCS(=O)(=O)CC2CCC(N(C)c3ncnc4[nH]ccc34)CC2)c1. The number of hydrogen-bond donors (Lipinski definition) is 1. The molecule has 1 aromatic carbocycles. The Hall–Kier alpha value is -2.61. The molecule has 0 amide bonds. The molecule has 32 heavy (non-hydrogen) atoms. The van der Waals surface area contributed by atoms with Crippen molar-refractivity contribution in [3.05, 3.63) is 48.4 Å². The molecular weight excluding hydrogens is 424 g/mol. The molecule has 1 N–H and O–H groups in total. The lowest BCUT2D eigenvalue weighted by atomic mass is 9.86. The number of sulfone groups is 1.